The van der Waals surface area contributed by atoms with E-state index in [-0.39, 0.29) is 11.8 Å². The lowest BCUT2D eigenvalue weighted by Gasteiger charge is -2.51. The molecule has 0 aliphatic carbocycles. The van der Waals surface area contributed by atoms with E-state index in [1.165, 1.54) is 0 Å². The van der Waals surface area contributed by atoms with Gasteiger partial charge >= 0.3 is 0 Å². The Morgan fingerprint density at radius 3 is 2.67 bits per heavy atom. The van der Waals surface area contributed by atoms with Crippen LogP contribution in [0.15, 0.2) is 23.6 Å². The zero-order valence-electron chi connectivity index (χ0n) is 14.4. The fourth-order valence-electron chi connectivity index (χ4n) is 3.68. The molecular weight excluding hydrogens is 322 g/mol. The third kappa shape index (κ3) is 3.13. The minimum Gasteiger partial charge on any atom is -0.340 e. The van der Waals surface area contributed by atoms with Gasteiger partial charge in [-0.25, -0.2) is 0 Å². The molecule has 0 aromatic carbocycles. The highest BCUT2D eigenvalue weighted by Gasteiger charge is 2.49. The van der Waals surface area contributed by atoms with Gasteiger partial charge in [-0.3, -0.25) is 14.5 Å². The van der Waals surface area contributed by atoms with Crippen molar-refractivity contribution in [2.24, 2.45) is 0 Å². The third-order valence-corrected chi connectivity index (χ3v) is 6.18. The van der Waals surface area contributed by atoms with Gasteiger partial charge in [0.05, 0.1) is 0 Å². The molecule has 0 saturated carbocycles. The first-order valence-electron chi connectivity index (χ1n) is 8.58. The summed E-state index contributed by atoms with van der Waals surface area (Å²) in [6.07, 6.45) is 4.96. The number of hydrogen-bond donors (Lipinski definition) is 0. The summed E-state index contributed by atoms with van der Waals surface area (Å²) < 4.78 is 0. The number of hydrogen-bond acceptors (Lipinski definition) is 4. The Bertz CT molecular complexity index is 618. The molecule has 0 bridgehead atoms. The molecule has 1 aromatic rings. The number of piperidine rings is 1. The number of likely N-dealkylation sites (tertiary alicyclic amines) is 1. The van der Waals surface area contributed by atoms with E-state index in [1.54, 1.807) is 17.4 Å². The van der Waals surface area contributed by atoms with Crippen molar-refractivity contribution in [1.82, 2.24) is 14.7 Å². The molecule has 2 amide bonds. The van der Waals surface area contributed by atoms with Gasteiger partial charge in [-0.05, 0) is 44.3 Å². The number of rotatable bonds is 3. The second kappa shape index (κ2) is 7.07. The Morgan fingerprint density at radius 2 is 2.04 bits per heavy atom. The van der Waals surface area contributed by atoms with Crippen molar-refractivity contribution in [3.63, 3.8) is 0 Å². The Morgan fingerprint density at radius 1 is 1.29 bits per heavy atom. The lowest BCUT2D eigenvalue weighted by atomic mass is 9.82. The van der Waals surface area contributed by atoms with Crippen molar-refractivity contribution in [3.8, 4) is 0 Å². The maximum atomic E-state index is 12.9. The smallest absolute Gasteiger partial charge is 0.246 e. The van der Waals surface area contributed by atoms with E-state index >= 15 is 0 Å². The molecule has 6 heteroatoms. The topological polar surface area (TPSA) is 43.9 Å². The van der Waals surface area contributed by atoms with Gasteiger partial charge in [0, 0.05) is 43.7 Å². The SMILES string of the molecule is CCN1CCN(C)C2(CCN(C(=O)/C=C/c3cccs3)CC2)C1=O. The van der Waals surface area contributed by atoms with E-state index in [2.05, 4.69) is 4.90 Å². The van der Waals surface area contributed by atoms with E-state index in [4.69, 9.17) is 0 Å². The molecule has 0 N–H and O–H groups in total. The summed E-state index contributed by atoms with van der Waals surface area (Å²) in [4.78, 5) is 32.3. The van der Waals surface area contributed by atoms with Crippen molar-refractivity contribution >= 4 is 29.2 Å². The maximum Gasteiger partial charge on any atom is 0.246 e. The summed E-state index contributed by atoms with van der Waals surface area (Å²) >= 11 is 1.62. The minimum atomic E-state index is -0.414. The first kappa shape index (κ1) is 17.2. The van der Waals surface area contributed by atoms with E-state index in [0.717, 1.165) is 37.4 Å². The third-order valence-electron chi connectivity index (χ3n) is 5.34. The van der Waals surface area contributed by atoms with Gasteiger partial charge in [-0.15, -0.1) is 11.3 Å². The molecule has 0 radical (unpaired) electrons. The van der Waals surface area contributed by atoms with Crippen molar-refractivity contribution in [3.05, 3.63) is 28.5 Å². The number of carbonyl (C=O) groups is 2. The second-order valence-corrected chi connectivity index (χ2v) is 7.49. The van der Waals surface area contributed by atoms with Crippen LogP contribution in [0.4, 0.5) is 0 Å². The van der Waals surface area contributed by atoms with Crippen LogP contribution in [-0.4, -0.2) is 71.8 Å². The molecule has 2 fully saturated rings. The first-order valence-corrected chi connectivity index (χ1v) is 9.46. The Labute approximate surface area is 147 Å². The summed E-state index contributed by atoms with van der Waals surface area (Å²) in [5.41, 5.74) is -0.414. The zero-order valence-corrected chi connectivity index (χ0v) is 15.2. The molecule has 130 valence electrons. The lowest BCUT2D eigenvalue weighted by Crippen LogP contribution is -2.67. The van der Waals surface area contributed by atoms with Gasteiger partial charge in [0.1, 0.15) is 5.54 Å². The zero-order chi connectivity index (χ0) is 17.2. The quantitative estimate of drug-likeness (QED) is 0.785. The second-order valence-electron chi connectivity index (χ2n) is 6.51. The van der Waals surface area contributed by atoms with Crippen LogP contribution in [0.3, 0.4) is 0 Å². The molecule has 0 unspecified atom stereocenters. The van der Waals surface area contributed by atoms with E-state index in [0.29, 0.717) is 13.1 Å². The van der Waals surface area contributed by atoms with Crippen LogP contribution in [0, 0.1) is 0 Å². The highest BCUT2D eigenvalue weighted by Crippen LogP contribution is 2.32. The highest BCUT2D eigenvalue weighted by molar-refractivity contribution is 7.10. The standard InChI is InChI=1S/C18H25N3O2S/c1-3-20-13-12-19(2)18(17(20)23)8-10-21(11-9-18)16(22)7-6-15-5-4-14-24-15/h4-7,14H,3,8-13H2,1-2H3/b7-6+. The van der Waals surface area contributed by atoms with Crippen molar-refractivity contribution in [2.45, 2.75) is 25.3 Å². The Kier molecular flexibility index (Phi) is 5.06. The molecule has 3 rings (SSSR count). The Hall–Kier alpha value is -1.66. The van der Waals surface area contributed by atoms with E-state index < -0.39 is 5.54 Å². The van der Waals surface area contributed by atoms with Crippen LogP contribution in [-0.2, 0) is 9.59 Å². The van der Waals surface area contributed by atoms with E-state index in [9.17, 15) is 9.59 Å². The molecule has 1 spiro atoms. The molecule has 2 aliphatic heterocycles. The summed E-state index contributed by atoms with van der Waals surface area (Å²) in [6, 6.07) is 3.97. The van der Waals surface area contributed by atoms with Crippen molar-refractivity contribution in [2.75, 3.05) is 39.8 Å². The fourth-order valence-corrected chi connectivity index (χ4v) is 4.30. The maximum absolute atomic E-state index is 12.9. The number of amides is 2. The van der Waals surface area contributed by atoms with Crippen LogP contribution < -0.4 is 0 Å². The molecule has 3 heterocycles. The number of thiophene rings is 1. The Balaban J connectivity index is 1.64. The van der Waals surface area contributed by atoms with Crippen LogP contribution >= 0.6 is 11.3 Å². The molecule has 2 saturated heterocycles. The van der Waals surface area contributed by atoms with Crippen molar-refractivity contribution < 1.29 is 9.59 Å². The highest BCUT2D eigenvalue weighted by atomic mass is 32.1. The predicted molar refractivity (Wildman–Crippen MR) is 96.8 cm³/mol. The molecule has 24 heavy (non-hydrogen) atoms. The monoisotopic (exact) mass is 347 g/mol. The predicted octanol–water partition coefficient (Wildman–Crippen LogP) is 1.92. The summed E-state index contributed by atoms with van der Waals surface area (Å²) in [5, 5.41) is 2.00. The number of piperazine rings is 1. The summed E-state index contributed by atoms with van der Waals surface area (Å²) in [7, 11) is 2.04. The minimum absolute atomic E-state index is 0.0384. The van der Waals surface area contributed by atoms with Gasteiger partial charge < -0.3 is 9.80 Å². The van der Waals surface area contributed by atoms with Gasteiger partial charge in [-0.2, -0.15) is 0 Å². The molecule has 5 nitrogen and oxygen atoms in total. The van der Waals surface area contributed by atoms with Crippen molar-refractivity contribution in [1.29, 1.82) is 0 Å². The lowest BCUT2D eigenvalue weighted by molar-refractivity contribution is -0.155. The van der Waals surface area contributed by atoms with Gasteiger partial charge in [0.2, 0.25) is 11.8 Å². The number of likely N-dealkylation sites (N-methyl/N-ethyl adjacent to an activating group) is 2. The van der Waals surface area contributed by atoms with Crippen LogP contribution in [0.1, 0.15) is 24.6 Å². The molecule has 2 aliphatic rings. The number of nitrogens with zero attached hydrogens (tertiary/aromatic N) is 3. The van der Waals surface area contributed by atoms with Crippen LogP contribution in [0.5, 0.6) is 0 Å². The molecule has 0 atom stereocenters. The average Bonchev–Trinajstić information content (AvgIpc) is 3.12. The van der Waals surface area contributed by atoms with Gasteiger partial charge in [-0.1, -0.05) is 6.07 Å². The largest absolute Gasteiger partial charge is 0.340 e. The summed E-state index contributed by atoms with van der Waals surface area (Å²) in [5.74, 6) is 0.275. The molecular formula is C18H25N3O2S. The summed E-state index contributed by atoms with van der Waals surface area (Å²) in [6.45, 7) is 5.79. The first-order chi connectivity index (χ1) is 11.6. The number of carbonyl (C=O) groups excluding carboxylic acids is 2. The van der Waals surface area contributed by atoms with Gasteiger partial charge in [0.25, 0.3) is 0 Å². The van der Waals surface area contributed by atoms with Crippen LogP contribution in [0.2, 0.25) is 0 Å². The van der Waals surface area contributed by atoms with Gasteiger partial charge in [0.15, 0.2) is 0 Å². The van der Waals surface area contributed by atoms with E-state index in [1.807, 2.05) is 47.4 Å². The molecule has 1 aromatic heterocycles. The van der Waals surface area contributed by atoms with Crippen LogP contribution in [0.25, 0.3) is 6.08 Å². The fraction of sp³-hybridized carbons (Fsp3) is 0.556. The average molecular weight is 347 g/mol. The normalized spacial score (nSPS) is 21.8.